The van der Waals surface area contributed by atoms with E-state index in [-0.39, 0.29) is 0 Å². The van der Waals surface area contributed by atoms with E-state index in [4.69, 9.17) is 27.0 Å². The Bertz CT molecular complexity index is 187. The predicted octanol–water partition coefficient (Wildman–Crippen LogP) is -3.49. The summed E-state index contributed by atoms with van der Waals surface area (Å²) in [7, 11) is 0. The molecule has 0 spiro atoms. The molecule has 0 saturated carbocycles. The molecule has 7 heteroatoms. The van der Waals surface area contributed by atoms with Gasteiger partial charge in [0.15, 0.2) is 6.10 Å². The maximum atomic E-state index is 10.5. The van der Waals surface area contributed by atoms with Crippen molar-refractivity contribution < 1.29 is 35.4 Å². The summed E-state index contributed by atoms with van der Waals surface area (Å²) in [4.78, 5) is 10.5. The van der Waals surface area contributed by atoms with Gasteiger partial charge in [-0.15, -0.1) is 0 Å². The molecule has 78 valence electrons. The van der Waals surface area contributed by atoms with E-state index in [1.807, 2.05) is 0 Å². The van der Waals surface area contributed by atoms with Gasteiger partial charge in [0.2, 0.25) is 0 Å². The summed E-state index contributed by atoms with van der Waals surface area (Å²) >= 11 is 0. The van der Waals surface area contributed by atoms with Crippen LogP contribution >= 0.6 is 0 Å². The van der Waals surface area contributed by atoms with Crippen molar-refractivity contribution in [2.75, 3.05) is 6.61 Å². The monoisotopic (exact) mass is 197 g/mol. The maximum Gasteiger partial charge on any atom is 0.335 e. The van der Waals surface area contributed by atoms with E-state index in [2.05, 4.69) is 5.11 Å². The number of carboxylic acids is 1. The van der Waals surface area contributed by atoms with Crippen LogP contribution in [0.25, 0.3) is 1.43 Å². The van der Waals surface area contributed by atoms with Crippen LogP contribution in [0.5, 0.6) is 0 Å². The molecule has 6 N–H and O–H groups in total. The average Bonchev–Trinajstić information content (AvgIpc) is 2.23. The topological polar surface area (TPSA) is 138 Å². The second-order valence-electron chi connectivity index (χ2n) is 2.49. The number of carboxylic acid groups (broad SMARTS) is 1. The van der Waals surface area contributed by atoms with Gasteiger partial charge in [0.1, 0.15) is 18.3 Å². The summed E-state index contributed by atoms with van der Waals surface area (Å²) in [5, 5.41) is 47.5. The van der Waals surface area contributed by atoms with E-state index in [1.165, 1.54) is 0 Å². The highest BCUT2D eigenvalue weighted by Gasteiger charge is 2.33. The first-order chi connectivity index (χ1) is 6.45. The van der Waals surface area contributed by atoms with E-state index in [1.54, 1.807) is 0 Å². The minimum absolute atomic E-state index is 0.846. The number of aliphatic carboxylic acids is 1. The van der Waals surface area contributed by atoms with Crippen molar-refractivity contribution >= 4 is 5.97 Å². The summed E-state index contributed by atoms with van der Waals surface area (Å²) in [6.07, 6.45) is -7.79. The van der Waals surface area contributed by atoms with E-state index in [9.17, 15) is 4.79 Å². The van der Waals surface area contributed by atoms with Crippen molar-refractivity contribution in [3.05, 3.63) is 0 Å². The minimum atomic E-state index is -2.15. The maximum absolute atomic E-state index is 10.5. The Kier molecular flexibility index (Phi) is 4.06. The molecule has 4 atom stereocenters. The highest BCUT2D eigenvalue weighted by atomic mass is 16.4. The molecule has 7 nitrogen and oxygen atoms in total. The van der Waals surface area contributed by atoms with Crippen LogP contribution in [-0.4, -0.2) is 67.6 Å². The third-order valence-corrected chi connectivity index (χ3v) is 1.50. The Morgan fingerprint density at radius 2 is 1.77 bits per heavy atom. The standard InChI is InChI=1S/C6H12O7/c7-1-2(8)3(9)4(10)5(11)6(12)13/h2-5,7-11H,1H2,(H,12,13)/t2-,3+,4+,5-/m0/s1/i/hD. The lowest BCUT2D eigenvalue weighted by atomic mass is 10.0. The predicted molar refractivity (Wildman–Crippen MR) is 38.7 cm³/mol. The van der Waals surface area contributed by atoms with Gasteiger partial charge in [-0.25, -0.2) is 4.79 Å². The first-order valence-electron chi connectivity index (χ1n) is 3.86. The van der Waals surface area contributed by atoms with E-state index in [0.717, 1.165) is 0 Å². The molecule has 0 aromatic rings. The van der Waals surface area contributed by atoms with Crippen molar-refractivity contribution in [3.63, 3.8) is 0 Å². The van der Waals surface area contributed by atoms with Crippen molar-refractivity contribution in [2.24, 2.45) is 0 Å². The van der Waals surface area contributed by atoms with Crippen molar-refractivity contribution in [2.45, 2.75) is 24.4 Å². The van der Waals surface area contributed by atoms with Crippen LogP contribution in [0, 0.1) is 0 Å². The van der Waals surface area contributed by atoms with E-state index in [0.29, 0.717) is 0 Å². The Morgan fingerprint density at radius 3 is 2.15 bits per heavy atom. The summed E-state index contributed by atoms with van der Waals surface area (Å²) in [5.41, 5.74) is 0. The Hall–Kier alpha value is -0.730. The van der Waals surface area contributed by atoms with Gasteiger partial charge in [0.05, 0.1) is 6.61 Å². The molecule has 0 amide bonds. The number of rotatable bonds is 5. The second kappa shape index (κ2) is 5.10. The van der Waals surface area contributed by atoms with Crippen LogP contribution in [0.2, 0.25) is 0 Å². The molecule has 0 fully saturated rings. The number of hydrogen-bond donors (Lipinski definition) is 6. The molecule has 13 heavy (non-hydrogen) atoms. The molecule has 0 unspecified atom stereocenters. The second-order valence-corrected chi connectivity index (χ2v) is 2.49. The first kappa shape index (κ1) is 10.4. The van der Waals surface area contributed by atoms with E-state index < -0.39 is 37.0 Å². The number of hydrogen-bond acceptors (Lipinski definition) is 7. The fourth-order valence-corrected chi connectivity index (χ4v) is 0.662. The molecule has 0 radical (unpaired) electrons. The van der Waals surface area contributed by atoms with Gasteiger partial charge in [-0.05, 0) is 0 Å². The molecule has 0 bridgehead atoms. The zero-order valence-electron chi connectivity index (χ0n) is 7.57. The van der Waals surface area contributed by atoms with Crippen LogP contribution in [0.15, 0.2) is 0 Å². The van der Waals surface area contributed by atoms with Gasteiger partial charge in [0.25, 0.3) is 1.43 Å². The zero-order chi connectivity index (χ0) is 11.3. The van der Waals surface area contributed by atoms with Crippen LogP contribution in [0.3, 0.4) is 0 Å². The molecular formula is C6H12O7. The molecular weight excluding hydrogens is 184 g/mol. The van der Waals surface area contributed by atoms with Gasteiger partial charge in [-0.3, -0.25) is 0 Å². The Morgan fingerprint density at radius 1 is 1.23 bits per heavy atom. The Balaban J connectivity index is 4.30. The summed E-state index contributed by atoms with van der Waals surface area (Å²) in [6.45, 7) is -0.846. The van der Waals surface area contributed by atoms with Crippen molar-refractivity contribution in [1.82, 2.24) is 0 Å². The molecule has 0 aliphatic carbocycles. The van der Waals surface area contributed by atoms with Gasteiger partial charge in [-0.2, -0.15) is 0 Å². The Labute approximate surface area is 75.0 Å². The van der Waals surface area contributed by atoms with Crippen molar-refractivity contribution in [1.29, 1.82) is 1.43 Å². The number of carbonyl (C=O) groups is 1. The largest absolute Gasteiger partial charge is 0.479 e. The normalized spacial score (nSPS) is 21.2. The lowest BCUT2D eigenvalue weighted by Crippen LogP contribution is -2.48. The van der Waals surface area contributed by atoms with Crippen LogP contribution < -0.4 is 0 Å². The van der Waals surface area contributed by atoms with Crippen molar-refractivity contribution in [3.8, 4) is 0 Å². The molecule has 0 aromatic carbocycles. The summed E-state index contributed by atoms with van der Waals surface area (Å²) in [5.74, 6) is -1.47. The molecule has 0 rings (SSSR count). The molecule has 0 heterocycles. The van der Waals surface area contributed by atoms with Crippen LogP contribution in [0.4, 0.5) is 0 Å². The third kappa shape index (κ3) is 3.25. The number of aliphatic hydroxyl groups is 5. The van der Waals surface area contributed by atoms with Crippen LogP contribution in [0.1, 0.15) is 0 Å². The summed E-state index contributed by atoms with van der Waals surface area (Å²) < 4.78 is 6.11. The van der Waals surface area contributed by atoms with E-state index >= 15 is 0 Å². The summed E-state index contributed by atoms with van der Waals surface area (Å²) in [6, 6.07) is 0. The highest BCUT2D eigenvalue weighted by Crippen LogP contribution is 2.04. The average molecular weight is 197 g/mol. The molecule has 0 saturated heterocycles. The third-order valence-electron chi connectivity index (χ3n) is 1.50. The quantitative estimate of drug-likeness (QED) is 0.269. The smallest absolute Gasteiger partial charge is 0.335 e. The molecule has 0 aliphatic rings. The SMILES string of the molecule is [2H]OC(=O)[C@@H](O)[C@H](O)[C@H](O)[C@@H](O)CO. The number of aliphatic hydroxyl groups excluding tert-OH is 5. The fourth-order valence-electron chi connectivity index (χ4n) is 0.662. The van der Waals surface area contributed by atoms with Gasteiger partial charge in [0, 0.05) is 0 Å². The fraction of sp³-hybridized carbons (Fsp3) is 0.833. The lowest BCUT2D eigenvalue weighted by molar-refractivity contribution is -0.164. The highest BCUT2D eigenvalue weighted by molar-refractivity contribution is 5.72. The lowest BCUT2D eigenvalue weighted by Gasteiger charge is -2.23. The minimum Gasteiger partial charge on any atom is -0.479 e. The molecule has 0 aromatic heterocycles. The van der Waals surface area contributed by atoms with Crippen LogP contribution in [-0.2, 0) is 4.79 Å². The van der Waals surface area contributed by atoms with Gasteiger partial charge in [-0.1, -0.05) is 0 Å². The molecule has 0 aliphatic heterocycles. The zero-order valence-corrected chi connectivity index (χ0v) is 6.57. The first-order valence-corrected chi connectivity index (χ1v) is 3.45. The van der Waals surface area contributed by atoms with Gasteiger partial charge < -0.3 is 30.6 Å². The van der Waals surface area contributed by atoms with Gasteiger partial charge >= 0.3 is 5.97 Å².